The number of para-hydroxylation sites is 1. The van der Waals surface area contributed by atoms with E-state index in [1.165, 1.54) is 5.56 Å². The molecule has 5 nitrogen and oxygen atoms in total. The third-order valence-electron chi connectivity index (χ3n) is 5.18. The summed E-state index contributed by atoms with van der Waals surface area (Å²) in [5.41, 5.74) is 3.80. The minimum Gasteiger partial charge on any atom is -0.361 e. The van der Waals surface area contributed by atoms with E-state index < -0.39 is 0 Å². The van der Waals surface area contributed by atoms with Crippen LogP contribution in [0.1, 0.15) is 47.9 Å². The van der Waals surface area contributed by atoms with E-state index in [1.54, 1.807) is 0 Å². The van der Waals surface area contributed by atoms with Crippen LogP contribution in [-0.4, -0.2) is 26.6 Å². The summed E-state index contributed by atoms with van der Waals surface area (Å²) in [5.74, 6) is 0.0690. The average molecular weight is 360 g/mol. The normalized spacial score (nSPS) is 17.3. The van der Waals surface area contributed by atoms with Crippen LogP contribution < -0.4 is 5.32 Å². The third-order valence-corrected chi connectivity index (χ3v) is 5.18. The van der Waals surface area contributed by atoms with Crippen molar-refractivity contribution in [3.05, 3.63) is 83.7 Å². The van der Waals surface area contributed by atoms with Gasteiger partial charge in [-0.1, -0.05) is 49.4 Å². The molecular formula is C22H24N4O. The molecule has 1 aliphatic heterocycles. The zero-order valence-corrected chi connectivity index (χ0v) is 15.7. The molecule has 1 aromatic heterocycles. The fourth-order valence-corrected chi connectivity index (χ4v) is 3.54. The van der Waals surface area contributed by atoms with Crippen molar-refractivity contribution in [1.82, 2.24) is 14.7 Å². The van der Waals surface area contributed by atoms with E-state index in [0.29, 0.717) is 6.54 Å². The number of nitrogens with zero attached hydrogens (tertiary/aromatic N) is 3. The molecule has 2 atom stereocenters. The molecule has 0 spiro atoms. The van der Waals surface area contributed by atoms with Gasteiger partial charge >= 0.3 is 0 Å². The zero-order chi connectivity index (χ0) is 18.8. The Morgan fingerprint density at radius 2 is 1.85 bits per heavy atom. The number of carbonyl (C=O) groups excluding carboxylic acids is 1. The number of amides is 1. The highest BCUT2D eigenvalue weighted by Gasteiger charge is 2.35. The van der Waals surface area contributed by atoms with Gasteiger partial charge in [0.25, 0.3) is 5.91 Å². The number of hydrogen-bond acceptors (Lipinski definition) is 3. The van der Waals surface area contributed by atoms with E-state index >= 15 is 0 Å². The minimum absolute atomic E-state index is 0.0690. The van der Waals surface area contributed by atoms with E-state index in [-0.39, 0.29) is 18.1 Å². The monoisotopic (exact) mass is 360 g/mol. The highest BCUT2D eigenvalue weighted by Crippen LogP contribution is 2.34. The second-order valence-electron chi connectivity index (χ2n) is 7.02. The second kappa shape index (κ2) is 7.27. The van der Waals surface area contributed by atoms with Gasteiger partial charge in [-0.2, -0.15) is 5.10 Å². The van der Waals surface area contributed by atoms with Crippen molar-refractivity contribution in [2.45, 2.75) is 39.0 Å². The lowest BCUT2D eigenvalue weighted by atomic mass is 10.0. The predicted octanol–water partition coefficient (Wildman–Crippen LogP) is 4.30. The van der Waals surface area contributed by atoms with E-state index in [0.717, 1.165) is 23.2 Å². The van der Waals surface area contributed by atoms with Crippen LogP contribution in [0, 0.1) is 0 Å². The van der Waals surface area contributed by atoms with E-state index in [4.69, 9.17) is 0 Å². The smallest absolute Gasteiger partial charge is 0.258 e. The van der Waals surface area contributed by atoms with Crippen LogP contribution in [0.15, 0.2) is 67.0 Å². The Morgan fingerprint density at radius 1 is 1.11 bits per heavy atom. The number of anilines is 1. The van der Waals surface area contributed by atoms with Gasteiger partial charge in [-0.05, 0) is 31.0 Å². The van der Waals surface area contributed by atoms with E-state index in [1.807, 2.05) is 64.4 Å². The molecule has 0 saturated heterocycles. The van der Waals surface area contributed by atoms with Crippen molar-refractivity contribution in [3.63, 3.8) is 0 Å². The number of aromatic nitrogens is 2. The summed E-state index contributed by atoms with van der Waals surface area (Å²) < 4.78 is 1.92. The van der Waals surface area contributed by atoms with Gasteiger partial charge in [0.1, 0.15) is 6.17 Å². The van der Waals surface area contributed by atoms with Gasteiger partial charge in [0, 0.05) is 23.5 Å². The number of benzene rings is 2. The highest BCUT2D eigenvalue weighted by molar-refractivity contribution is 6.01. The molecule has 2 aromatic carbocycles. The molecule has 0 fully saturated rings. The standard InChI is InChI=1S/C22H24N4O/c1-3-16(2)26-21(24-20-12-8-7-11-19(20)22(26)27)18-13-23-25(15-18)14-17-9-5-4-6-10-17/h4-13,15-16,21,24H,3,14H2,1-2H3/t16-,21+/m1/s1. The molecule has 0 unspecified atom stereocenters. The van der Waals surface area contributed by atoms with Gasteiger partial charge in [0.2, 0.25) is 0 Å². The molecule has 138 valence electrons. The molecule has 1 aliphatic rings. The molecule has 0 saturated carbocycles. The molecule has 0 bridgehead atoms. The van der Waals surface area contributed by atoms with Gasteiger partial charge in [0.15, 0.2) is 0 Å². The predicted molar refractivity (Wildman–Crippen MR) is 106 cm³/mol. The molecule has 4 rings (SSSR count). The first-order valence-electron chi connectivity index (χ1n) is 9.42. The van der Waals surface area contributed by atoms with Crippen LogP contribution in [0.3, 0.4) is 0 Å². The topological polar surface area (TPSA) is 50.2 Å². The molecule has 2 heterocycles. The lowest BCUT2D eigenvalue weighted by molar-refractivity contribution is 0.0593. The molecule has 3 aromatic rings. The van der Waals surface area contributed by atoms with Gasteiger partial charge in [-0.15, -0.1) is 0 Å². The van der Waals surface area contributed by atoms with E-state index in [9.17, 15) is 4.79 Å². The molecule has 1 amide bonds. The Labute approximate surface area is 159 Å². The highest BCUT2D eigenvalue weighted by atomic mass is 16.2. The van der Waals surface area contributed by atoms with Crippen molar-refractivity contribution in [1.29, 1.82) is 0 Å². The van der Waals surface area contributed by atoms with Gasteiger partial charge in [-0.3, -0.25) is 9.48 Å². The first kappa shape index (κ1) is 17.3. The molecule has 0 radical (unpaired) electrons. The zero-order valence-electron chi connectivity index (χ0n) is 15.7. The van der Waals surface area contributed by atoms with Crippen LogP contribution in [-0.2, 0) is 6.54 Å². The van der Waals surface area contributed by atoms with Crippen molar-refractivity contribution in [2.75, 3.05) is 5.32 Å². The maximum atomic E-state index is 13.2. The second-order valence-corrected chi connectivity index (χ2v) is 7.02. The summed E-state index contributed by atoms with van der Waals surface area (Å²) >= 11 is 0. The maximum absolute atomic E-state index is 13.2. The summed E-state index contributed by atoms with van der Waals surface area (Å²) in [7, 11) is 0. The van der Waals surface area contributed by atoms with Crippen molar-refractivity contribution in [2.24, 2.45) is 0 Å². The summed E-state index contributed by atoms with van der Waals surface area (Å²) in [6.45, 7) is 4.91. The summed E-state index contributed by atoms with van der Waals surface area (Å²) in [4.78, 5) is 15.1. The van der Waals surface area contributed by atoms with Crippen LogP contribution >= 0.6 is 0 Å². The maximum Gasteiger partial charge on any atom is 0.258 e. The Balaban J connectivity index is 1.66. The largest absolute Gasteiger partial charge is 0.361 e. The van der Waals surface area contributed by atoms with Crippen LogP contribution in [0.5, 0.6) is 0 Å². The summed E-state index contributed by atoms with van der Waals surface area (Å²) in [5, 5.41) is 8.06. The quantitative estimate of drug-likeness (QED) is 0.738. The third kappa shape index (κ3) is 3.33. The number of rotatable bonds is 5. The number of nitrogens with one attached hydrogen (secondary N) is 1. The Morgan fingerprint density at radius 3 is 2.63 bits per heavy atom. The molecule has 1 N–H and O–H groups in total. The van der Waals surface area contributed by atoms with Gasteiger partial charge in [-0.25, -0.2) is 0 Å². The van der Waals surface area contributed by atoms with Crippen molar-refractivity contribution in [3.8, 4) is 0 Å². The first-order chi connectivity index (χ1) is 13.2. The lowest BCUT2D eigenvalue weighted by Gasteiger charge is -2.41. The fourth-order valence-electron chi connectivity index (χ4n) is 3.54. The van der Waals surface area contributed by atoms with Crippen LogP contribution in [0.4, 0.5) is 5.69 Å². The fraction of sp³-hybridized carbons (Fsp3) is 0.273. The summed E-state index contributed by atoms with van der Waals surface area (Å²) in [6.07, 6.45) is 4.56. The van der Waals surface area contributed by atoms with Crippen molar-refractivity contribution >= 4 is 11.6 Å². The summed E-state index contributed by atoms with van der Waals surface area (Å²) in [6, 6.07) is 18.1. The van der Waals surface area contributed by atoms with Gasteiger partial charge < -0.3 is 10.2 Å². The Kier molecular flexibility index (Phi) is 4.67. The SMILES string of the molecule is CC[C@@H](C)N1C(=O)c2ccccc2N[C@@H]1c1cnn(Cc2ccccc2)c1. The Bertz CT molecular complexity index is 934. The molecule has 27 heavy (non-hydrogen) atoms. The molecular weight excluding hydrogens is 336 g/mol. The minimum atomic E-state index is -0.216. The Hall–Kier alpha value is -3.08. The number of fused-ring (bicyclic) bond motifs is 1. The average Bonchev–Trinajstić information content (AvgIpc) is 3.16. The lowest BCUT2D eigenvalue weighted by Crippen LogP contribution is -2.47. The van der Waals surface area contributed by atoms with Crippen LogP contribution in [0.25, 0.3) is 0 Å². The molecule has 5 heteroatoms. The van der Waals surface area contributed by atoms with E-state index in [2.05, 4.69) is 36.4 Å². The number of hydrogen-bond donors (Lipinski definition) is 1. The number of carbonyl (C=O) groups is 1. The van der Waals surface area contributed by atoms with Crippen molar-refractivity contribution < 1.29 is 4.79 Å². The molecule has 0 aliphatic carbocycles. The van der Waals surface area contributed by atoms with Crippen LogP contribution in [0.2, 0.25) is 0 Å². The van der Waals surface area contributed by atoms with Gasteiger partial charge in [0.05, 0.1) is 18.3 Å². The first-order valence-corrected chi connectivity index (χ1v) is 9.42.